The van der Waals surface area contributed by atoms with Gasteiger partial charge in [-0.3, -0.25) is 9.59 Å². The Kier molecular flexibility index (Phi) is 3.74. The zero-order chi connectivity index (χ0) is 14.0. The number of hydrogen-bond acceptors (Lipinski definition) is 3. The van der Waals surface area contributed by atoms with Crippen molar-refractivity contribution in [1.82, 2.24) is 4.90 Å². The minimum Gasteiger partial charge on any atom is -0.496 e. The molecule has 102 valence electrons. The van der Waals surface area contributed by atoms with Crippen molar-refractivity contribution in [2.45, 2.75) is 13.3 Å². The number of methoxy groups -OCH3 is 1. The molecule has 1 heterocycles. The molecule has 1 aromatic rings. The molecule has 5 heteroatoms. The van der Waals surface area contributed by atoms with E-state index in [2.05, 4.69) is 0 Å². The van der Waals surface area contributed by atoms with Crippen LogP contribution >= 0.6 is 0 Å². The number of ether oxygens (including phenoxy) is 1. The van der Waals surface area contributed by atoms with Crippen LogP contribution in [0.2, 0.25) is 0 Å². The van der Waals surface area contributed by atoms with Crippen molar-refractivity contribution in [2.24, 2.45) is 5.92 Å². The number of benzene rings is 1. The number of nitrogens with zero attached hydrogens (tertiary/aromatic N) is 1. The van der Waals surface area contributed by atoms with Gasteiger partial charge in [-0.25, -0.2) is 0 Å². The largest absolute Gasteiger partial charge is 0.496 e. The van der Waals surface area contributed by atoms with Gasteiger partial charge in [0.1, 0.15) is 5.75 Å². The smallest absolute Gasteiger partial charge is 0.303 e. The van der Waals surface area contributed by atoms with Crippen LogP contribution in [0.1, 0.15) is 22.3 Å². The summed E-state index contributed by atoms with van der Waals surface area (Å²) in [5, 5.41) is 8.67. The third-order valence-corrected chi connectivity index (χ3v) is 3.36. The topological polar surface area (TPSA) is 66.8 Å². The lowest BCUT2D eigenvalue weighted by molar-refractivity contribution is -0.139. The summed E-state index contributed by atoms with van der Waals surface area (Å²) in [7, 11) is 1.57. The Hall–Kier alpha value is -2.04. The highest BCUT2D eigenvalue weighted by Gasteiger charge is 2.32. The highest BCUT2D eigenvalue weighted by Crippen LogP contribution is 2.24. The number of carbonyl (C=O) groups is 2. The molecule has 1 aromatic carbocycles. The summed E-state index contributed by atoms with van der Waals surface area (Å²) in [6.07, 6.45) is 0.126. The van der Waals surface area contributed by atoms with E-state index < -0.39 is 5.97 Å². The van der Waals surface area contributed by atoms with E-state index >= 15 is 0 Å². The van der Waals surface area contributed by atoms with Crippen molar-refractivity contribution < 1.29 is 19.4 Å². The molecule has 0 unspecified atom stereocenters. The fourth-order valence-electron chi connectivity index (χ4n) is 2.25. The first-order chi connectivity index (χ1) is 9.01. The molecule has 1 amide bonds. The second-order valence-electron chi connectivity index (χ2n) is 4.86. The van der Waals surface area contributed by atoms with E-state index in [1.54, 1.807) is 24.1 Å². The van der Waals surface area contributed by atoms with Crippen LogP contribution in [0, 0.1) is 12.8 Å². The average Bonchev–Trinajstić information content (AvgIpc) is 2.33. The quantitative estimate of drug-likeness (QED) is 0.895. The van der Waals surface area contributed by atoms with Crippen LogP contribution in [-0.4, -0.2) is 42.1 Å². The van der Waals surface area contributed by atoms with Gasteiger partial charge in [0.2, 0.25) is 0 Å². The molecule has 2 rings (SSSR count). The van der Waals surface area contributed by atoms with Gasteiger partial charge in [-0.2, -0.15) is 0 Å². The highest BCUT2D eigenvalue weighted by molar-refractivity contribution is 5.95. The Morgan fingerprint density at radius 3 is 2.68 bits per heavy atom. The standard InChI is InChI=1S/C14H17NO4/c1-9-3-4-11(6-12(9)19-2)14(18)15-7-10(8-15)5-13(16)17/h3-4,6,10H,5,7-8H2,1-2H3,(H,16,17). The summed E-state index contributed by atoms with van der Waals surface area (Å²) in [6, 6.07) is 5.34. The molecule has 5 nitrogen and oxygen atoms in total. The molecule has 1 aliphatic rings. The molecule has 1 aliphatic heterocycles. The molecule has 0 aromatic heterocycles. The van der Waals surface area contributed by atoms with Gasteiger partial charge in [0.05, 0.1) is 13.5 Å². The van der Waals surface area contributed by atoms with E-state index in [4.69, 9.17) is 9.84 Å². The van der Waals surface area contributed by atoms with E-state index in [0.717, 1.165) is 5.56 Å². The molecule has 0 aliphatic carbocycles. The first-order valence-corrected chi connectivity index (χ1v) is 6.17. The van der Waals surface area contributed by atoms with Gasteiger partial charge in [-0.15, -0.1) is 0 Å². The molecule has 0 spiro atoms. The first-order valence-electron chi connectivity index (χ1n) is 6.17. The van der Waals surface area contributed by atoms with Crippen LogP contribution in [0.15, 0.2) is 18.2 Å². The van der Waals surface area contributed by atoms with Gasteiger partial charge < -0.3 is 14.7 Å². The number of rotatable bonds is 4. The lowest BCUT2D eigenvalue weighted by Crippen LogP contribution is -2.50. The maximum atomic E-state index is 12.2. The second kappa shape index (κ2) is 5.30. The van der Waals surface area contributed by atoms with Crippen molar-refractivity contribution in [2.75, 3.05) is 20.2 Å². The van der Waals surface area contributed by atoms with Crippen LogP contribution < -0.4 is 4.74 Å². The summed E-state index contributed by atoms with van der Waals surface area (Å²) in [5.74, 6) is -0.115. The fraction of sp³-hybridized carbons (Fsp3) is 0.429. The lowest BCUT2D eigenvalue weighted by Gasteiger charge is -2.38. The van der Waals surface area contributed by atoms with Crippen LogP contribution in [-0.2, 0) is 4.79 Å². The molecule has 1 saturated heterocycles. The molecule has 1 N–H and O–H groups in total. The number of carbonyl (C=O) groups excluding carboxylic acids is 1. The average molecular weight is 263 g/mol. The van der Waals surface area contributed by atoms with Gasteiger partial charge >= 0.3 is 5.97 Å². The fourth-order valence-corrected chi connectivity index (χ4v) is 2.25. The van der Waals surface area contributed by atoms with E-state index in [-0.39, 0.29) is 18.2 Å². The predicted molar refractivity (Wildman–Crippen MR) is 69.4 cm³/mol. The summed E-state index contributed by atoms with van der Waals surface area (Å²) >= 11 is 0. The maximum absolute atomic E-state index is 12.2. The van der Waals surface area contributed by atoms with Crippen molar-refractivity contribution in [3.05, 3.63) is 29.3 Å². The van der Waals surface area contributed by atoms with Crippen molar-refractivity contribution in [3.8, 4) is 5.75 Å². The third kappa shape index (κ3) is 2.86. The lowest BCUT2D eigenvalue weighted by atomic mass is 9.95. The Bertz CT molecular complexity index is 506. The van der Waals surface area contributed by atoms with Crippen LogP contribution in [0.5, 0.6) is 5.75 Å². The summed E-state index contributed by atoms with van der Waals surface area (Å²) < 4.78 is 5.19. The number of aliphatic carboxylic acids is 1. The normalized spacial score (nSPS) is 14.9. The van der Waals surface area contributed by atoms with Crippen molar-refractivity contribution >= 4 is 11.9 Å². The molecule has 0 radical (unpaired) electrons. The molecule has 0 bridgehead atoms. The molecule has 0 atom stereocenters. The Balaban J connectivity index is 2.00. The SMILES string of the molecule is COc1cc(C(=O)N2CC(CC(=O)O)C2)ccc1C. The maximum Gasteiger partial charge on any atom is 0.303 e. The third-order valence-electron chi connectivity index (χ3n) is 3.36. The number of aryl methyl sites for hydroxylation is 1. The van der Waals surface area contributed by atoms with Crippen LogP contribution in [0.25, 0.3) is 0 Å². The monoisotopic (exact) mass is 263 g/mol. The Morgan fingerprint density at radius 2 is 2.11 bits per heavy atom. The van der Waals surface area contributed by atoms with E-state index in [1.807, 2.05) is 13.0 Å². The Morgan fingerprint density at radius 1 is 1.42 bits per heavy atom. The summed E-state index contributed by atoms with van der Waals surface area (Å²) in [5.41, 5.74) is 1.56. The van der Waals surface area contributed by atoms with Crippen molar-refractivity contribution in [1.29, 1.82) is 0 Å². The second-order valence-corrected chi connectivity index (χ2v) is 4.86. The molecular formula is C14H17NO4. The zero-order valence-electron chi connectivity index (χ0n) is 11.0. The number of carboxylic acids is 1. The van der Waals surface area contributed by atoms with Gasteiger partial charge in [0.25, 0.3) is 5.91 Å². The van der Waals surface area contributed by atoms with Crippen LogP contribution in [0.4, 0.5) is 0 Å². The van der Waals surface area contributed by atoms with E-state index in [0.29, 0.717) is 24.4 Å². The number of likely N-dealkylation sites (tertiary alicyclic amines) is 1. The minimum absolute atomic E-state index is 0.0695. The van der Waals surface area contributed by atoms with Gasteiger partial charge in [-0.1, -0.05) is 6.07 Å². The summed E-state index contributed by atoms with van der Waals surface area (Å²) in [6.45, 7) is 2.95. The van der Waals surface area contributed by atoms with Crippen molar-refractivity contribution in [3.63, 3.8) is 0 Å². The number of carboxylic acid groups (broad SMARTS) is 1. The van der Waals surface area contributed by atoms with E-state index in [9.17, 15) is 9.59 Å². The summed E-state index contributed by atoms with van der Waals surface area (Å²) in [4.78, 5) is 24.4. The molecule has 19 heavy (non-hydrogen) atoms. The van der Waals surface area contributed by atoms with Crippen LogP contribution in [0.3, 0.4) is 0 Å². The molecular weight excluding hydrogens is 246 g/mol. The van der Waals surface area contributed by atoms with Gasteiger partial charge in [0.15, 0.2) is 0 Å². The number of hydrogen-bond donors (Lipinski definition) is 1. The highest BCUT2D eigenvalue weighted by atomic mass is 16.5. The number of amides is 1. The zero-order valence-corrected chi connectivity index (χ0v) is 11.0. The molecule has 0 saturated carbocycles. The first kappa shape index (κ1) is 13.4. The molecule has 1 fully saturated rings. The van der Waals surface area contributed by atoms with Gasteiger partial charge in [0, 0.05) is 24.6 Å². The van der Waals surface area contributed by atoms with E-state index in [1.165, 1.54) is 0 Å². The Labute approximate surface area is 111 Å². The minimum atomic E-state index is -0.811. The van der Waals surface area contributed by atoms with Gasteiger partial charge in [-0.05, 0) is 24.6 Å². The predicted octanol–water partition coefficient (Wildman–Crippen LogP) is 1.55.